The molecule has 13 heteroatoms. The van der Waals surface area contributed by atoms with Gasteiger partial charge in [-0.2, -0.15) is 5.10 Å². The first-order valence-corrected chi connectivity index (χ1v) is 13.8. The lowest BCUT2D eigenvalue weighted by Gasteiger charge is -2.23. The smallest absolute Gasteiger partial charge is 0.272 e. The molecule has 1 fully saturated rings. The van der Waals surface area contributed by atoms with E-state index in [4.69, 9.17) is 4.74 Å². The lowest BCUT2D eigenvalue weighted by atomic mass is 10.1. The summed E-state index contributed by atoms with van der Waals surface area (Å²) in [5, 5.41) is 11.2. The molecule has 0 aromatic carbocycles. The molecule has 0 bridgehead atoms. The van der Waals surface area contributed by atoms with Gasteiger partial charge >= 0.3 is 0 Å². The van der Waals surface area contributed by atoms with Crippen LogP contribution < -0.4 is 14.9 Å². The molecule has 0 radical (unpaired) electrons. The van der Waals surface area contributed by atoms with E-state index in [1.807, 2.05) is 20.8 Å². The summed E-state index contributed by atoms with van der Waals surface area (Å²) >= 11 is 0. The molecule has 1 unspecified atom stereocenters. The maximum absolute atomic E-state index is 14.1. The average Bonchev–Trinajstić information content (AvgIpc) is 3.22. The molecule has 1 saturated heterocycles. The fourth-order valence-corrected chi connectivity index (χ4v) is 4.62. The zero-order chi connectivity index (χ0) is 27.0. The van der Waals surface area contributed by atoms with Gasteiger partial charge in [-0.05, 0) is 52.2 Å². The Bertz CT molecular complexity index is 1410. The van der Waals surface area contributed by atoms with E-state index in [1.165, 1.54) is 13.1 Å². The second-order valence-corrected chi connectivity index (χ2v) is 12.1. The van der Waals surface area contributed by atoms with Gasteiger partial charge in [0.25, 0.3) is 5.91 Å². The summed E-state index contributed by atoms with van der Waals surface area (Å²) in [4.78, 5) is 21.7. The second-order valence-electron chi connectivity index (χ2n) is 10.1. The van der Waals surface area contributed by atoms with Crippen LogP contribution in [0.15, 0.2) is 24.5 Å². The number of fused-ring (bicyclic) bond motifs is 1. The predicted octanol–water partition coefficient (Wildman–Crippen LogP) is 3.20. The number of nitrogens with one attached hydrogen (secondary N) is 2. The van der Waals surface area contributed by atoms with E-state index in [1.54, 1.807) is 16.9 Å². The summed E-state index contributed by atoms with van der Waals surface area (Å²) < 4.78 is 46.9. The lowest BCUT2D eigenvalue weighted by Crippen LogP contribution is -2.41. The van der Waals surface area contributed by atoms with Crippen molar-refractivity contribution in [3.63, 3.8) is 0 Å². The number of carbonyl (C=O) groups excluding carboxylic acids is 1. The normalized spacial score (nSPS) is 16.5. The second kappa shape index (κ2) is 10.2. The van der Waals surface area contributed by atoms with Crippen molar-refractivity contribution in [1.29, 1.82) is 0 Å². The largest absolute Gasteiger partial charge is 0.365 e. The highest BCUT2D eigenvalue weighted by Crippen LogP contribution is 2.32. The summed E-state index contributed by atoms with van der Waals surface area (Å²) in [6.07, 6.45) is 5.98. The molecule has 4 rings (SSSR count). The third-order valence-corrected chi connectivity index (χ3v) is 7.07. The third-order valence-electron chi connectivity index (χ3n) is 5.90. The highest BCUT2D eigenvalue weighted by atomic mass is 32.2. The van der Waals surface area contributed by atoms with Crippen LogP contribution in [0.25, 0.3) is 10.9 Å². The Morgan fingerprint density at radius 1 is 1.30 bits per heavy atom. The quantitative estimate of drug-likeness (QED) is 0.473. The van der Waals surface area contributed by atoms with Gasteiger partial charge in [0, 0.05) is 37.5 Å². The summed E-state index contributed by atoms with van der Waals surface area (Å²) in [6.45, 7) is 6.24. The SMILES string of the molecule is CN(c1ncc(F)cc1CNc1nccc2c1c(C(=O)NC(C)(C)C)nn2C1CCCCO1)S(C)(=O)=O. The van der Waals surface area contributed by atoms with Crippen molar-refractivity contribution < 1.29 is 22.3 Å². The van der Waals surface area contributed by atoms with Crippen molar-refractivity contribution >= 4 is 38.5 Å². The van der Waals surface area contributed by atoms with Crippen LogP contribution in [0.3, 0.4) is 0 Å². The number of sulfonamides is 1. The van der Waals surface area contributed by atoms with Crippen LogP contribution in [-0.4, -0.2) is 59.5 Å². The van der Waals surface area contributed by atoms with Gasteiger partial charge in [-0.15, -0.1) is 0 Å². The molecular formula is C24H32FN7O4S. The van der Waals surface area contributed by atoms with E-state index in [9.17, 15) is 17.6 Å². The van der Waals surface area contributed by atoms with Gasteiger partial charge in [-0.1, -0.05) is 0 Å². The Morgan fingerprint density at radius 2 is 2.05 bits per heavy atom. The van der Waals surface area contributed by atoms with Crippen LogP contribution in [-0.2, 0) is 21.3 Å². The molecule has 37 heavy (non-hydrogen) atoms. The molecule has 200 valence electrons. The highest BCUT2D eigenvalue weighted by molar-refractivity contribution is 7.92. The van der Waals surface area contributed by atoms with Gasteiger partial charge in [-0.3, -0.25) is 9.10 Å². The van der Waals surface area contributed by atoms with Crippen LogP contribution >= 0.6 is 0 Å². The number of carbonyl (C=O) groups is 1. The van der Waals surface area contributed by atoms with Crippen molar-refractivity contribution in [2.24, 2.45) is 0 Å². The number of halogens is 1. The number of anilines is 2. The van der Waals surface area contributed by atoms with E-state index in [0.717, 1.165) is 36.0 Å². The van der Waals surface area contributed by atoms with Crippen LogP contribution in [0.5, 0.6) is 0 Å². The van der Waals surface area contributed by atoms with Gasteiger partial charge in [0.05, 0.1) is 23.4 Å². The Balaban J connectivity index is 1.77. The summed E-state index contributed by atoms with van der Waals surface area (Å²) in [5.74, 6) is -0.550. The number of ether oxygens (including phenoxy) is 1. The Kier molecular flexibility index (Phi) is 7.38. The number of pyridine rings is 2. The molecule has 1 aliphatic rings. The van der Waals surface area contributed by atoms with Gasteiger partial charge in [-0.25, -0.2) is 27.5 Å². The Labute approximate surface area is 215 Å². The van der Waals surface area contributed by atoms with Gasteiger partial charge in [0.2, 0.25) is 10.0 Å². The highest BCUT2D eigenvalue weighted by Gasteiger charge is 2.28. The Hall–Kier alpha value is -3.32. The molecule has 11 nitrogen and oxygen atoms in total. The maximum Gasteiger partial charge on any atom is 0.272 e. The molecule has 0 aliphatic carbocycles. The van der Waals surface area contributed by atoms with Crippen molar-refractivity contribution in [2.75, 3.05) is 29.5 Å². The monoisotopic (exact) mass is 533 g/mol. The lowest BCUT2D eigenvalue weighted by molar-refractivity contribution is -0.0368. The number of rotatable bonds is 7. The standard InChI is InChI=1S/C24H32FN7O4S/c1-24(2,3)29-23(33)20-19-17(32(30-20)18-8-6-7-11-36-18)9-10-26-21(19)27-13-15-12-16(25)14-28-22(15)31(4)37(5,34)35/h9-10,12,14,18H,6-8,11,13H2,1-5H3,(H,26,27)(H,29,33). The van der Waals surface area contributed by atoms with Crippen molar-refractivity contribution in [1.82, 2.24) is 25.1 Å². The van der Waals surface area contributed by atoms with E-state index in [-0.39, 0.29) is 30.2 Å². The molecular weight excluding hydrogens is 501 g/mol. The van der Waals surface area contributed by atoms with Gasteiger partial charge in [0.15, 0.2) is 11.9 Å². The van der Waals surface area contributed by atoms with Crippen LogP contribution in [0.4, 0.5) is 16.0 Å². The number of amides is 1. The third kappa shape index (κ3) is 5.99. The van der Waals surface area contributed by atoms with Gasteiger partial charge < -0.3 is 15.4 Å². The maximum atomic E-state index is 14.1. The fraction of sp³-hybridized carbons (Fsp3) is 0.500. The van der Waals surface area contributed by atoms with E-state index >= 15 is 0 Å². The number of hydrogen-bond donors (Lipinski definition) is 2. The molecule has 3 aromatic rings. The minimum Gasteiger partial charge on any atom is -0.365 e. The molecule has 0 spiro atoms. The molecule has 2 N–H and O–H groups in total. The van der Waals surface area contributed by atoms with Crippen LogP contribution in [0, 0.1) is 5.82 Å². The van der Waals surface area contributed by atoms with Crippen molar-refractivity contribution in [3.8, 4) is 0 Å². The Morgan fingerprint density at radius 3 is 2.70 bits per heavy atom. The first-order chi connectivity index (χ1) is 17.3. The summed E-state index contributed by atoms with van der Waals surface area (Å²) in [7, 11) is -2.28. The molecule has 3 aromatic heterocycles. The molecule has 1 amide bonds. The number of aromatic nitrogens is 4. The predicted molar refractivity (Wildman–Crippen MR) is 138 cm³/mol. The van der Waals surface area contributed by atoms with Crippen LogP contribution in [0.1, 0.15) is 62.3 Å². The average molecular weight is 534 g/mol. The fourth-order valence-electron chi connectivity index (χ4n) is 4.14. The summed E-state index contributed by atoms with van der Waals surface area (Å²) in [6, 6.07) is 2.98. The van der Waals surface area contributed by atoms with Gasteiger partial charge in [0.1, 0.15) is 17.5 Å². The first kappa shape index (κ1) is 26.7. The van der Waals surface area contributed by atoms with Crippen molar-refractivity contribution in [3.05, 3.63) is 41.6 Å². The number of nitrogens with zero attached hydrogens (tertiary/aromatic N) is 5. The number of hydrogen-bond acceptors (Lipinski definition) is 8. The minimum absolute atomic E-state index is 0.00248. The zero-order valence-corrected chi connectivity index (χ0v) is 22.4. The van der Waals surface area contributed by atoms with E-state index < -0.39 is 21.4 Å². The van der Waals surface area contributed by atoms with E-state index in [0.29, 0.717) is 28.9 Å². The molecule has 1 atom stereocenters. The molecule has 0 saturated carbocycles. The summed E-state index contributed by atoms with van der Waals surface area (Å²) in [5.41, 5.74) is 0.646. The van der Waals surface area contributed by atoms with E-state index in [2.05, 4.69) is 25.7 Å². The molecule has 4 heterocycles. The topological polar surface area (TPSA) is 131 Å². The zero-order valence-electron chi connectivity index (χ0n) is 21.6. The molecule has 1 aliphatic heterocycles. The van der Waals surface area contributed by atoms with Crippen molar-refractivity contribution in [2.45, 2.75) is 58.3 Å². The first-order valence-electron chi connectivity index (χ1n) is 12.0. The minimum atomic E-state index is -3.63. The van der Waals surface area contributed by atoms with Crippen LogP contribution in [0.2, 0.25) is 0 Å².